The van der Waals surface area contributed by atoms with E-state index in [0.717, 1.165) is 28.0 Å². The first-order valence-electron chi connectivity index (χ1n) is 13.1. The van der Waals surface area contributed by atoms with Gasteiger partial charge in [-0.25, -0.2) is 4.39 Å². The molecular weight excluding hydrogens is 495 g/mol. The van der Waals surface area contributed by atoms with Crippen molar-refractivity contribution in [3.05, 3.63) is 76.6 Å². The Balaban J connectivity index is 1.82. The first-order valence-corrected chi connectivity index (χ1v) is 13.1. The number of hydrogen-bond acceptors (Lipinski definition) is 5. The molecule has 3 aromatic carbocycles. The minimum atomic E-state index is -0.518. The normalized spacial score (nSPS) is 15.8. The Morgan fingerprint density at radius 3 is 2.54 bits per heavy atom. The minimum absolute atomic E-state index is 0.0105. The van der Waals surface area contributed by atoms with Crippen LogP contribution in [0.3, 0.4) is 0 Å². The zero-order chi connectivity index (χ0) is 28.1. The van der Waals surface area contributed by atoms with E-state index in [1.807, 2.05) is 32.9 Å². The van der Waals surface area contributed by atoms with Gasteiger partial charge >= 0.3 is 0 Å². The van der Waals surface area contributed by atoms with Crippen LogP contribution >= 0.6 is 0 Å². The van der Waals surface area contributed by atoms with Crippen LogP contribution in [0, 0.1) is 5.82 Å². The molecule has 7 heteroatoms. The molecule has 0 saturated heterocycles. The maximum absolute atomic E-state index is 15.5. The van der Waals surface area contributed by atoms with Crippen LogP contribution in [0.15, 0.2) is 48.5 Å². The Labute approximate surface area is 228 Å². The summed E-state index contributed by atoms with van der Waals surface area (Å²) in [6.07, 6.45) is 3.75. The Morgan fingerprint density at radius 2 is 1.85 bits per heavy atom. The Bertz CT molecular complexity index is 1550. The van der Waals surface area contributed by atoms with E-state index in [1.54, 1.807) is 29.2 Å². The number of halogens is 1. The topological polar surface area (TPSA) is 71.0 Å². The second-order valence-corrected chi connectivity index (χ2v) is 10.4. The van der Waals surface area contributed by atoms with Gasteiger partial charge in [0.05, 0.1) is 18.2 Å². The van der Waals surface area contributed by atoms with Crippen molar-refractivity contribution in [2.45, 2.75) is 40.2 Å². The monoisotopic (exact) mass is 528 g/mol. The highest BCUT2D eigenvalue weighted by Gasteiger charge is 2.34. The molecule has 6 nitrogen and oxygen atoms in total. The number of benzene rings is 3. The van der Waals surface area contributed by atoms with Crippen molar-refractivity contribution in [2.75, 3.05) is 25.5 Å². The fraction of sp³-hybridized carbons (Fsp3) is 0.281. The molecule has 2 aliphatic heterocycles. The maximum Gasteiger partial charge on any atom is 0.254 e. The van der Waals surface area contributed by atoms with Crippen molar-refractivity contribution in [3.63, 3.8) is 0 Å². The molecule has 2 N–H and O–H groups in total. The molecule has 0 bridgehead atoms. The molecule has 202 valence electrons. The average molecular weight is 529 g/mol. The number of phenols is 1. The van der Waals surface area contributed by atoms with E-state index in [9.17, 15) is 9.90 Å². The highest BCUT2D eigenvalue weighted by atomic mass is 19.1. The smallest absolute Gasteiger partial charge is 0.254 e. The van der Waals surface area contributed by atoms with E-state index >= 15 is 4.39 Å². The second kappa shape index (κ2) is 9.80. The van der Waals surface area contributed by atoms with Crippen molar-refractivity contribution in [3.8, 4) is 28.4 Å². The first kappa shape index (κ1) is 26.4. The fourth-order valence-electron chi connectivity index (χ4n) is 5.63. The van der Waals surface area contributed by atoms with Crippen LogP contribution in [-0.2, 0) is 0 Å². The summed E-state index contributed by atoms with van der Waals surface area (Å²) in [6, 6.07) is 11.7. The number of phenolic OH excluding ortho intramolecular Hbond substituents is 1. The van der Waals surface area contributed by atoms with E-state index in [0.29, 0.717) is 35.9 Å². The van der Waals surface area contributed by atoms with Gasteiger partial charge in [0.25, 0.3) is 5.91 Å². The lowest BCUT2D eigenvalue weighted by atomic mass is 9.82. The van der Waals surface area contributed by atoms with E-state index < -0.39 is 5.82 Å². The van der Waals surface area contributed by atoms with Gasteiger partial charge in [0.2, 0.25) is 0 Å². The first-order chi connectivity index (χ1) is 18.6. The molecule has 1 amide bonds. The van der Waals surface area contributed by atoms with Gasteiger partial charge in [-0.3, -0.25) is 4.79 Å². The number of anilines is 1. The van der Waals surface area contributed by atoms with Crippen LogP contribution in [0.5, 0.6) is 17.2 Å². The zero-order valence-electron chi connectivity index (χ0n) is 23.1. The van der Waals surface area contributed by atoms with Crippen molar-refractivity contribution >= 4 is 29.0 Å². The lowest BCUT2D eigenvalue weighted by molar-refractivity contribution is 0.0772. The highest BCUT2D eigenvalue weighted by Crippen LogP contribution is 2.54. The van der Waals surface area contributed by atoms with Crippen LogP contribution in [0.4, 0.5) is 10.1 Å². The molecule has 0 unspecified atom stereocenters. The number of nitrogens with zero attached hydrogens (tertiary/aromatic N) is 1. The molecule has 0 spiro atoms. The van der Waals surface area contributed by atoms with Crippen LogP contribution in [0.25, 0.3) is 28.5 Å². The quantitative estimate of drug-likeness (QED) is 0.367. The molecule has 0 saturated carbocycles. The van der Waals surface area contributed by atoms with Crippen molar-refractivity contribution in [1.82, 2.24) is 4.90 Å². The number of amides is 1. The van der Waals surface area contributed by atoms with Gasteiger partial charge in [-0.1, -0.05) is 18.2 Å². The Hall–Kier alpha value is -4.26. The summed E-state index contributed by atoms with van der Waals surface area (Å²) >= 11 is 0. The van der Waals surface area contributed by atoms with Gasteiger partial charge in [-0.2, -0.15) is 0 Å². The van der Waals surface area contributed by atoms with Crippen molar-refractivity contribution in [1.29, 1.82) is 0 Å². The summed E-state index contributed by atoms with van der Waals surface area (Å²) in [4.78, 5) is 15.0. The molecule has 0 atom stereocenters. The van der Waals surface area contributed by atoms with Crippen LogP contribution in [0.2, 0.25) is 0 Å². The number of nitrogens with one attached hydrogen (secondary N) is 1. The molecule has 3 aromatic rings. The minimum Gasteiger partial charge on any atom is -0.504 e. The van der Waals surface area contributed by atoms with Gasteiger partial charge < -0.3 is 24.8 Å². The van der Waals surface area contributed by atoms with Crippen LogP contribution < -0.4 is 14.8 Å². The predicted molar refractivity (Wildman–Crippen MR) is 154 cm³/mol. The molecule has 0 radical (unpaired) electrons. The van der Waals surface area contributed by atoms with Crippen molar-refractivity contribution in [2.24, 2.45) is 0 Å². The third-order valence-electron chi connectivity index (χ3n) is 7.28. The summed E-state index contributed by atoms with van der Waals surface area (Å²) in [5, 5.41) is 14.1. The second-order valence-electron chi connectivity index (χ2n) is 10.4. The molecule has 0 aromatic heterocycles. The van der Waals surface area contributed by atoms with E-state index in [4.69, 9.17) is 9.47 Å². The number of allylic oxidation sites excluding steroid dienone is 1. The third-order valence-corrected chi connectivity index (χ3v) is 7.28. The van der Waals surface area contributed by atoms with Crippen molar-refractivity contribution < 1.29 is 23.8 Å². The summed E-state index contributed by atoms with van der Waals surface area (Å²) < 4.78 is 27.5. The number of methoxy groups -OCH3 is 1. The van der Waals surface area contributed by atoms with E-state index in [-0.39, 0.29) is 28.3 Å². The number of hydrogen-bond donors (Lipinski definition) is 2. The van der Waals surface area contributed by atoms with Crippen LogP contribution in [0.1, 0.15) is 61.7 Å². The Morgan fingerprint density at radius 1 is 1.10 bits per heavy atom. The highest BCUT2D eigenvalue weighted by molar-refractivity contribution is 6.04. The zero-order valence-corrected chi connectivity index (χ0v) is 23.1. The lowest BCUT2D eigenvalue weighted by Gasteiger charge is -2.35. The summed E-state index contributed by atoms with van der Waals surface area (Å²) in [5.74, 6) is 0.377. The largest absolute Gasteiger partial charge is 0.504 e. The van der Waals surface area contributed by atoms with Gasteiger partial charge in [-0.05, 0) is 76.6 Å². The summed E-state index contributed by atoms with van der Waals surface area (Å²) in [6.45, 7) is 11.0. The molecule has 2 heterocycles. The number of rotatable bonds is 5. The van der Waals surface area contributed by atoms with Gasteiger partial charge in [0, 0.05) is 46.6 Å². The Kier molecular flexibility index (Phi) is 6.62. The summed E-state index contributed by atoms with van der Waals surface area (Å²) in [7, 11) is 1.50. The number of fused-ring (bicyclic) bond motifs is 5. The molecule has 39 heavy (non-hydrogen) atoms. The van der Waals surface area contributed by atoms with Crippen LogP contribution in [-0.4, -0.2) is 41.7 Å². The van der Waals surface area contributed by atoms with Gasteiger partial charge in [-0.15, -0.1) is 0 Å². The number of carbonyl (C=O) groups excluding carboxylic acids is 1. The molecule has 0 aliphatic carbocycles. The SMILES string of the molecule is CCN(CC)C(=O)c1cccc(F)c1/C=C1\Oc2ccc(O)c(OC)c2-c2ccc3c(c21)C(C)=CC(C)(C)N3. The maximum atomic E-state index is 15.5. The third kappa shape index (κ3) is 4.42. The number of carbonyl (C=O) groups is 1. The molecule has 5 rings (SSSR count). The molecular formula is C32H33FN2O4. The molecule has 0 fully saturated rings. The van der Waals surface area contributed by atoms with E-state index in [1.165, 1.54) is 19.2 Å². The van der Waals surface area contributed by atoms with Gasteiger partial charge in [0.1, 0.15) is 17.3 Å². The predicted octanol–water partition coefficient (Wildman–Crippen LogP) is 7.19. The lowest BCUT2D eigenvalue weighted by Crippen LogP contribution is -2.32. The summed E-state index contributed by atoms with van der Waals surface area (Å²) in [5.41, 5.74) is 5.10. The molecule has 2 aliphatic rings. The number of aromatic hydroxyl groups is 1. The fourth-order valence-corrected chi connectivity index (χ4v) is 5.63. The van der Waals surface area contributed by atoms with E-state index in [2.05, 4.69) is 25.2 Å². The average Bonchev–Trinajstić information content (AvgIpc) is 2.89. The standard InChI is InChI=1S/C32H33FN2O4/c1-7-35(8-2)31(37)19-10-9-11-22(33)21(19)16-26-28-20(29-25(39-26)15-14-24(36)30(29)38-6)12-13-23-27(28)18(3)17-32(4,5)34-23/h9-17,34,36H,7-8H2,1-6H3/b26-16-. The van der Waals surface area contributed by atoms with Gasteiger partial charge in [0.15, 0.2) is 11.5 Å². The number of ether oxygens (including phenoxy) is 2.